The fourth-order valence-electron chi connectivity index (χ4n) is 14.7. The molecule has 2 aliphatic rings. The van der Waals surface area contributed by atoms with Gasteiger partial charge in [0.1, 0.15) is 80.8 Å². The lowest BCUT2D eigenvalue weighted by atomic mass is 9.94. The number of esters is 2. The molecule has 11 aromatic carbocycles. The Labute approximate surface area is 891 Å². The van der Waals surface area contributed by atoms with Crippen LogP contribution < -0.4 is 71.7 Å². The Balaban J connectivity index is 0.000000240. The first-order valence-corrected chi connectivity index (χ1v) is 48.9. The second-order valence-corrected chi connectivity index (χ2v) is 38.5. The van der Waals surface area contributed by atoms with Crippen LogP contribution >= 0.6 is 54.5 Å². The summed E-state index contributed by atoms with van der Waals surface area (Å²) in [5.41, 5.74) is 27.1. The fourth-order valence-corrected chi connectivity index (χ4v) is 16.3. The average molecular weight is 2300 g/mol. The first kappa shape index (κ1) is 121. The highest BCUT2D eigenvalue weighted by Crippen LogP contribution is 2.41. The minimum Gasteiger partial charge on any atom is -0.496 e. The lowest BCUT2D eigenvalue weighted by Crippen LogP contribution is -2.52. The second kappa shape index (κ2) is 57.1. The van der Waals surface area contributed by atoms with Gasteiger partial charge in [-0.25, -0.2) is 24.0 Å². The summed E-state index contributed by atoms with van der Waals surface area (Å²) >= 11 is 8.38. The molecule has 0 bridgehead atoms. The van der Waals surface area contributed by atoms with Crippen molar-refractivity contribution in [2.45, 2.75) is 155 Å². The number of ether oxygens (including phenoxy) is 11. The van der Waals surface area contributed by atoms with Crippen LogP contribution in [0.3, 0.4) is 0 Å². The van der Waals surface area contributed by atoms with Gasteiger partial charge in [-0.05, 0) is 193 Å². The number of rotatable bonds is 28. The van der Waals surface area contributed by atoms with Gasteiger partial charge in [-0.15, -0.1) is 0 Å². The van der Waals surface area contributed by atoms with E-state index in [2.05, 4.69) is 52.5 Å². The number of hydrogen-bond donors (Lipinski definition) is 8. The van der Waals surface area contributed by atoms with Gasteiger partial charge in [0, 0.05) is 78.2 Å². The molecule has 0 unspecified atom stereocenters. The fraction of sp³-hybridized carbons (Fsp3) is 0.311. The van der Waals surface area contributed by atoms with Crippen molar-refractivity contribution in [3.05, 3.63) is 346 Å². The van der Waals surface area contributed by atoms with Gasteiger partial charge < -0.3 is 85.3 Å². The van der Waals surface area contributed by atoms with E-state index in [0.29, 0.717) is 113 Å². The topological polar surface area (TPSA) is 555 Å². The molecule has 2 heterocycles. The van der Waals surface area contributed by atoms with Crippen molar-refractivity contribution < 1.29 is 116 Å². The molecule has 794 valence electrons. The smallest absolute Gasteiger partial charge is 0.408 e. The number of nitrogens with zero attached hydrogens (tertiary/aromatic N) is 6. The maximum Gasteiger partial charge on any atom is 0.408 e. The number of methoxy groups -OCH3 is 8. The lowest BCUT2D eigenvalue weighted by Gasteiger charge is -2.31. The van der Waals surface area contributed by atoms with Crippen molar-refractivity contribution in [2.75, 3.05) is 82.9 Å². The molecule has 0 radical (unpaired) electrons. The molecule has 0 aliphatic carbocycles. The number of hydrogen-bond acceptors (Lipinski definition) is 31. The highest BCUT2D eigenvalue weighted by molar-refractivity contribution is 14.1. The summed E-state index contributed by atoms with van der Waals surface area (Å²) in [4.78, 5) is 125. The molecule has 11 N–H and O–H groups in total. The van der Waals surface area contributed by atoms with E-state index in [0.717, 1.165) is 61.2 Å². The Morgan fingerprint density at radius 1 is 0.396 bits per heavy atom. The van der Waals surface area contributed by atoms with Crippen LogP contribution in [0.2, 0.25) is 0 Å². The predicted molar refractivity (Wildman–Crippen MR) is 575 cm³/mol. The van der Waals surface area contributed by atoms with Gasteiger partial charge in [0.2, 0.25) is 0 Å². The number of carbonyl (C=O) groups is 7. The third-order valence-corrected chi connectivity index (χ3v) is 23.6. The monoisotopic (exact) mass is 2290 g/mol. The minimum atomic E-state index is -1.17. The van der Waals surface area contributed by atoms with Gasteiger partial charge >= 0.3 is 30.2 Å². The van der Waals surface area contributed by atoms with E-state index < -0.39 is 103 Å². The summed E-state index contributed by atoms with van der Waals surface area (Å²) in [5, 5.41) is 72.8. The standard InChI is InChI=1S/C23H28N2O7.C22H26N2O5.C17H18N2O3.C14H12BrNO3.C14H14N2O3.C9H16INO4.C7H7BrN2O3/c1-23(2,3)32-22(27)24-18(21(26)31-5)13-16-12-17(11-15-9-7-6-8-10-15)20(30-4)14-19(16)25(28)29;1-22(2,3)29-21(26)23-17-12-15-11-16(10-14-8-6-5-7-9-14)19(28-4)13-18(15)24(27)20(17)25;1-22-16-10-15-12(9-14(18)17(20)19(15)21)8-13(16)7-11-5-3-2-4-6-11;2*1-19-14-9-13(16(17)18)12(15)8-11(14)7-10-5-3-2-4-6-10;1-9(2,3)15-8(13)11-6(5-10)7(12)14-4;1-13-7-3-6(10(11)12)5(9)2-4(7)8/h6-10,12,14,18H,11,13H2,1-5H3,(H,24,27);5-9,11,13,17,27H,10,12H2,1-4H3,(H,23,26);2-6,8,10,14,21H,7,9,18H2,1H3;2-6,8-9H,7H2,1H3;2-6,8-9H,7,15H2,1H3;6H,5H2,1-4H3,(H,11,13);2-3H,9H2,1H3/t18-;17-;14-;;;6-;/m000..0./s1. The Kier molecular flexibility index (Phi) is 46.2. The number of fused-ring (bicyclic) bond motifs is 2. The van der Waals surface area contributed by atoms with Crippen LogP contribution in [0, 0.1) is 40.5 Å². The highest BCUT2D eigenvalue weighted by atomic mass is 127. The summed E-state index contributed by atoms with van der Waals surface area (Å²) in [7, 11) is 11.5. The summed E-state index contributed by atoms with van der Waals surface area (Å²) in [6, 6.07) is 64.8. The summed E-state index contributed by atoms with van der Waals surface area (Å²) in [6.07, 6.45) is 1.46. The third-order valence-electron chi connectivity index (χ3n) is 21.5. The second-order valence-electron chi connectivity index (χ2n) is 35.9. The molecule has 0 saturated heterocycles. The van der Waals surface area contributed by atoms with Crippen LogP contribution in [0.1, 0.15) is 135 Å². The lowest BCUT2D eigenvalue weighted by molar-refractivity contribution is -0.385. The van der Waals surface area contributed by atoms with Crippen LogP contribution in [0.25, 0.3) is 0 Å². The molecule has 5 amide bonds. The molecule has 0 saturated carbocycles. The van der Waals surface area contributed by atoms with Crippen molar-refractivity contribution in [3.8, 4) is 34.5 Å². The average Bonchev–Trinajstić information content (AvgIpc) is 0.789. The van der Waals surface area contributed by atoms with Crippen LogP contribution in [-0.2, 0) is 94.2 Å². The number of alkyl carbamates (subject to hydrolysis) is 3. The van der Waals surface area contributed by atoms with E-state index >= 15 is 0 Å². The van der Waals surface area contributed by atoms with Crippen LogP contribution in [0.5, 0.6) is 34.5 Å². The van der Waals surface area contributed by atoms with E-state index in [-0.39, 0.29) is 52.5 Å². The molecule has 2 aliphatic heterocycles. The molecule has 0 fully saturated rings. The van der Waals surface area contributed by atoms with Crippen molar-refractivity contribution in [1.82, 2.24) is 16.0 Å². The number of nitrogens with two attached hydrogens (primary N) is 3. The number of hydroxylamine groups is 2. The number of nitro groups is 4. The summed E-state index contributed by atoms with van der Waals surface area (Å²) < 4.78 is 57.8. The van der Waals surface area contributed by atoms with Gasteiger partial charge in [-0.1, -0.05) is 174 Å². The number of halogens is 3. The molecule has 0 spiro atoms. The number of benzene rings is 11. The quantitative estimate of drug-likeness (QED) is 0.00330. The number of alkyl halides is 1. The number of amides is 5. The molecule has 43 heteroatoms. The van der Waals surface area contributed by atoms with E-state index in [1.807, 2.05) is 186 Å². The summed E-state index contributed by atoms with van der Waals surface area (Å²) in [5.74, 6) is 0.638. The minimum absolute atomic E-state index is 0.00802. The maximum atomic E-state index is 12.5. The van der Waals surface area contributed by atoms with Crippen molar-refractivity contribution >= 4 is 142 Å². The highest BCUT2D eigenvalue weighted by Gasteiger charge is 2.38. The van der Waals surface area contributed by atoms with Gasteiger partial charge in [0.15, 0.2) is 0 Å². The van der Waals surface area contributed by atoms with E-state index in [1.54, 1.807) is 107 Å². The molecule has 0 aromatic heterocycles. The third kappa shape index (κ3) is 37.5. The van der Waals surface area contributed by atoms with Crippen LogP contribution in [0.4, 0.5) is 59.9 Å². The summed E-state index contributed by atoms with van der Waals surface area (Å²) in [6.45, 7) is 15.5. The molecular weight excluding hydrogens is 2180 g/mol. The molecule has 40 nitrogen and oxygen atoms in total. The van der Waals surface area contributed by atoms with Gasteiger partial charge in [0.05, 0.1) is 127 Å². The van der Waals surface area contributed by atoms with Crippen molar-refractivity contribution in [2.24, 2.45) is 5.73 Å². The van der Waals surface area contributed by atoms with Crippen LogP contribution in [-0.4, -0.2) is 174 Å². The van der Waals surface area contributed by atoms with Gasteiger partial charge in [0.25, 0.3) is 34.6 Å². The van der Waals surface area contributed by atoms with Gasteiger partial charge in [-0.3, -0.25) is 60.5 Å². The zero-order chi connectivity index (χ0) is 110. The molecule has 4 atom stereocenters. The van der Waals surface area contributed by atoms with E-state index in [4.69, 9.17) is 64.6 Å². The Morgan fingerprint density at radius 3 is 1.05 bits per heavy atom. The number of carbonyl (C=O) groups excluding carboxylic acids is 7. The Morgan fingerprint density at radius 2 is 0.698 bits per heavy atom. The van der Waals surface area contributed by atoms with E-state index in [1.165, 1.54) is 73.0 Å². The number of nitrogen functional groups attached to an aromatic ring is 2. The molecule has 149 heavy (non-hydrogen) atoms. The number of nitrogens with one attached hydrogen (secondary N) is 3. The van der Waals surface area contributed by atoms with E-state index in [9.17, 15) is 84.4 Å². The molecule has 11 aromatic rings. The van der Waals surface area contributed by atoms with Crippen LogP contribution in [0.15, 0.2) is 233 Å². The largest absolute Gasteiger partial charge is 0.496 e. The molecular formula is C106H121Br2IN12O28. The van der Waals surface area contributed by atoms with Crippen molar-refractivity contribution in [3.63, 3.8) is 0 Å². The first-order chi connectivity index (χ1) is 70.4. The zero-order valence-corrected chi connectivity index (χ0v) is 90.4. The van der Waals surface area contributed by atoms with Gasteiger partial charge in [-0.2, -0.15) is 10.1 Å². The Bertz CT molecular complexity index is 6360. The maximum absolute atomic E-state index is 12.5. The van der Waals surface area contributed by atoms with Crippen molar-refractivity contribution in [1.29, 1.82) is 0 Å². The number of nitro benzene ring substituents is 4. The first-order valence-electron chi connectivity index (χ1n) is 45.7. The Hall–Kier alpha value is -15.3. The number of anilines is 4. The predicted octanol–water partition coefficient (Wildman–Crippen LogP) is 19.3. The normalized spacial score (nSPS) is 13.0. The molecule has 13 rings (SSSR count). The zero-order valence-electron chi connectivity index (χ0n) is 85.1. The SMILES string of the molecule is COC(=O)[C@H](CI)NC(=O)OC(C)(C)C.COC(=O)[C@H](Cc1cc(Cc2ccccc2)c(OC)cc1[N+](=O)[O-])NC(=O)OC(C)(C)C.COc1cc([N+](=O)[O-])c(Br)cc1Cc1ccccc1.COc1cc([N+](=O)[O-])c(N)cc1Br.COc1cc([N+](=O)[O-])c(N)cc1Cc1ccccc1.COc1cc2c(cc1Cc1ccccc1)C[C@H](N)C(=O)N2O.COc1cc2c(cc1Cc1ccccc1)C[C@H](NC(=O)OC(C)(C)C)C(=O)N2O.